The van der Waals surface area contributed by atoms with Crippen molar-refractivity contribution in [2.24, 2.45) is 0 Å². The second kappa shape index (κ2) is 10.0. The molecule has 6 heteroatoms. The van der Waals surface area contributed by atoms with E-state index in [-0.39, 0.29) is 6.61 Å². The summed E-state index contributed by atoms with van der Waals surface area (Å²) in [7, 11) is 2.12. The van der Waals surface area contributed by atoms with Crippen LogP contribution < -0.4 is 9.80 Å². The standard InChI is InChI=1S/C25H32N4OSe/c1-3-20-4-10-23(11-5-20)29-19-24(26(2)25(29)31)18-21-6-8-22(9-7-21)28-14-12-27(13-15-28)16-17-30/h4-11,18,30H,3,12-17,19H2,1-2H3. The van der Waals surface area contributed by atoms with Crippen molar-refractivity contribution >= 4 is 37.7 Å². The van der Waals surface area contributed by atoms with Crippen LogP contribution in [0.25, 0.3) is 6.08 Å². The number of aryl methyl sites for hydroxylation is 1. The van der Waals surface area contributed by atoms with Gasteiger partial charge in [0.2, 0.25) is 0 Å². The molecule has 0 aromatic heterocycles. The summed E-state index contributed by atoms with van der Waals surface area (Å²) in [5.41, 5.74) is 6.36. The predicted octanol–water partition coefficient (Wildman–Crippen LogP) is 2.41. The van der Waals surface area contributed by atoms with Crippen LogP contribution in [0.5, 0.6) is 0 Å². The van der Waals surface area contributed by atoms with E-state index in [2.05, 4.69) is 104 Å². The molecule has 2 aromatic carbocycles. The summed E-state index contributed by atoms with van der Waals surface area (Å²) < 4.78 is 1.13. The number of anilines is 2. The molecular formula is C25H32N4OSe. The first-order valence-corrected chi connectivity index (χ1v) is 12.0. The van der Waals surface area contributed by atoms with E-state index in [1.165, 1.54) is 28.2 Å². The van der Waals surface area contributed by atoms with Crippen LogP contribution in [-0.2, 0) is 6.42 Å². The first kappa shape index (κ1) is 22.1. The minimum absolute atomic E-state index is 0.244. The van der Waals surface area contributed by atoms with Gasteiger partial charge in [-0.3, -0.25) is 0 Å². The average Bonchev–Trinajstić information content (AvgIpc) is 3.09. The maximum atomic E-state index is 9.12. The molecule has 0 saturated carbocycles. The van der Waals surface area contributed by atoms with Crippen molar-refractivity contribution in [3.05, 3.63) is 65.4 Å². The SMILES string of the molecule is CCc1ccc(N2CC(=Cc3ccc(N4CCN(CCO)CC4)cc3)N(C)C2=[Se])cc1. The van der Waals surface area contributed by atoms with Gasteiger partial charge in [0.05, 0.1) is 6.61 Å². The molecular weight excluding hydrogens is 451 g/mol. The number of hydrogen-bond donors (Lipinski definition) is 1. The molecule has 2 fully saturated rings. The monoisotopic (exact) mass is 484 g/mol. The van der Waals surface area contributed by atoms with Gasteiger partial charge >= 0.3 is 176 Å². The number of benzene rings is 2. The Labute approximate surface area is 193 Å². The molecule has 4 rings (SSSR count). The molecule has 31 heavy (non-hydrogen) atoms. The van der Waals surface area contributed by atoms with Crippen molar-refractivity contribution in [1.29, 1.82) is 0 Å². The van der Waals surface area contributed by atoms with E-state index in [1.807, 2.05) is 0 Å². The van der Waals surface area contributed by atoms with E-state index in [1.54, 1.807) is 0 Å². The molecule has 2 heterocycles. The first-order valence-electron chi connectivity index (χ1n) is 11.1. The van der Waals surface area contributed by atoms with Gasteiger partial charge in [-0.1, -0.05) is 0 Å². The Morgan fingerprint density at radius 2 is 1.58 bits per heavy atom. The molecule has 0 bridgehead atoms. The molecule has 0 amide bonds. The molecule has 0 unspecified atom stereocenters. The van der Waals surface area contributed by atoms with E-state index in [0.717, 1.165) is 50.4 Å². The fourth-order valence-electron chi connectivity index (χ4n) is 4.24. The van der Waals surface area contributed by atoms with Gasteiger partial charge in [-0.25, -0.2) is 0 Å². The second-order valence-electron chi connectivity index (χ2n) is 8.23. The molecule has 164 valence electrons. The third-order valence-electron chi connectivity index (χ3n) is 6.31. The van der Waals surface area contributed by atoms with Gasteiger partial charge in [-0.05, 0) is 0 Å². The molecule has 1 N–H and O–H groups in total. The van der Waals surface area contributed by atoms with Crippen molar-refractivity contribution in [3.63, 3.8) is 0 Å². The van der Waals surface area contributed by atoms with Gasteiger partial charge in [0, 0.05) is 6.54 Å². The van der Waals surface area contributed by atoms with Gasteiger partial charge in [-0.15, -0.1) is 0 Å². The molecule has 2 aliphatic heterocycles. The Morgan fingerprint density at radius 3 is 2.19 bits per heavy atom. The van der Waals surface area contributed by atoms with Crippen molar-refractivity contribution < 1.29 is 5.11 Å². The van der Waals surface area contributed by atoms with Crippen LogP contribution in [0.2, 0.25) is 0 Å². The van der Waals surface area contributed by atoms with Crippen molar-refractivity contribution in [2.75, 3.05) is 62.7 Å². The van der Waals surface area contributed by atoms with E-state index >= 15 is 0 Å². The van der Waals surface area contributed by atoms with Crippen molar-refractivity contribution in [3.8, 4) is 0 Å². The van der Waals surface area contributed by atoms with Crippen LogP contribution in [0.3, 0.4) is 0 Å². The second-order valence-corrected chi connectivity index (χ2v) is 8.99. The van der Waals surface area contributed by atoms with Crippen LogP contribution >= 0.6 is 0 Å². The molecule has 5 nitrogen and oxygen atoms in total. The van der Waals surface area contributed by atoms with Crippen molar-refractivity contribution in [1.82, 2.24) is 9.80 Å². The van der Waals surface area contributed by atoms with Crippen molar-refractivity contribution in [2.45, 2.75) is 13.3 Å². The molecule has 2 aromatic rings. The summed E-state index contributed by atoms with van der Waals surface area (Å²) in [6, 6.07) is 17.7. The number of nitrogens with zero attached hydrogens (tertiary/aromatic N) is 4. The van der Waals surface area contributed by atoms with E-state index in [4.69, 9.17) is 5.11 Å². The molecule has 0 spiro atoms. The van der Waals surface area contributed by atoms with Gasteiger partial charge in [-0.2, -0.15) is 0 Å². The van der Waals surface area contributed by atoms with Crippen LogP contribution in [0.15, 0.2) is 54.2 Å². The predicted molar refractivity (Wildman–Crippen MR) is 132 cm³/mol. The number of hydrogen-bond acceptors (Lipinski definition) is 5. The van der Waals surface area contributed by atoms with Gasteiger partial charge in [0.15, 0.2) is 0 Å². The number of piperazine rings is 1. The molecule has 0 radical (unpaired) electrons. The fourth-order valence-corrected chi connectivity index (χ4v) is 4.84. The quantitative estimate of drug-likeness (QED) is 0.639. The summed E-state index contributed by atoms with van der Waals surface area (Å²) in [6.45, 7) is 8.12. The zero-order chi connectivity index (χ0) is 21.8. The number of β-amino-alcohol motifs (C(OH)–C–C–N with tert-alkyl or cyclic N) is 1. The van der Waals surface area contributed by atoms with E-state index < -0.39 is 0 Å². The summed E-state index contributed by atoms with van der Waals surface area (Å²) in [5.74, 6) is 0. The van der Waals surface area contributed by atoms with Gasteiger partial charge in [0.1, 0.15) is 0 Å². The third-order valence-corrected chi connectivity index (χ3v) is 7.34. The Kier molecular flexibility index (Phi) is 7.13. The maximum absolute atomic E-state index is 9.12. The topological polar surface area (TPSA) is 33.2 Å². The van der Waals surface area contributed by atoms with E-state index in [9.17, 15) is 0 Å². The number of aliphatic hydroxyl groups is 1. The zero-order valence-corrected chi connectivity index (χ0v) is 20.2. The first-order chi connectivity index (χ1) is 15.1. The van der Waals surface area contributed by atoms with Crippen LogP contribution in [-0.4, -0.2) is 88.1 Å². The zero-order valence-electron chi connectivity index (χ0n) is 18.5. The summed E-state index contributed by atoms with van der Waals surface area (Å²) in [6.07, 6.45) is 3.34. The third kappa shape index (κ3) is 5.04. The Morgan fingerprint density at radius 1 is 0.935 bits per heavy atom. The van der Waals surface area contributed by atoms with E-state index in [0.29, 0.717) is 0 Å². The van der Waals surface area contributed by atoms with Crippen LogP contribution in [0, 0.1) is 0 Å². The Hall–Kier alpha value is -2.11. The molecule has 0 atom stereocenters. The Balaban J connectivity index is 1.43. The van der Waals surface area contributed by atoms with Crippen LogP contribution in [0.4, 0.5) is 11.4 Å². The summed E-state index contributed by atoms with van der Waals surface area (Å²) in [5, 5.41) is 9.12. The summed E-state index contributed by atoms with van der Waals surface area (Å²) in [4.78, 5) is 9.32. The number of aliphatic hydroxyl groups excluding tert-OH is 1. The van der Waals surface area contributed by atoms with Gasteiger partial charge < -0.3 is 5.11 Å². The number of likely N-dealkylation sites (N-methyl/N-ethyl adjacent to an activating group) is 1. The molecule has 2 saturated heterocycles. The normalized spacial score (nSPS) is 19.0. The summed E-state index contributed by atoms with van der Waals surface area (Å²) >= 11 is 3.25. The number of rotatable bonds is 6. The molecule has 2 aliphatic rings. The minimum atomic E-state index is 0.244. The van der Waals surface area contributed by atoms with Crippen LogP contribution in [0.1, 0.15) is 18.1 Å². The Bertz CT molecular complexity index is 918. The fraction of sp³-hybridized carbons (Fsp3) is 0.400. The van der Waals surface area contributed by atoms with Gasteiger partial charge in [0.25, 0.3) is 0 Å². The molecule has 0 aliphatic carbocycles. The average molecular weight is 484 g/mol.